The Kier molecular flexibility index (Phi) is 7.55. The third-order valence-corrected chi connectivity index (χ3v) is 9.99. The van der Waals surface area contributed by atoms with Crippen molar-refractivity contribution in [2.75, 3.05) is 33.0 Å². The number of aliphatic imine (C=N–C) groups is 1. The summed E-state index contributed by atoms with van der Waals surface area (Å²) in [6.07, 6.45) is 3.92. The van der Waals surface area contributed by atoms with E-state index in [9.17, 15) is 19.2 Å². The van der Waals surface area contributed by atoms with Crippen molar-refractivity contribution in [2.24, 2.45) is 4.99 Å². The zero-order chi connectivity index (χ0) is 29.6. The fraction of sp³-hybridized carbons (Fsp3) is 0.452. The van der Waals surface area contributed by atoms with Gasteiger partial charge in [0.15, 0.2) is 11.5 Å². The molecule has 0 aliphatic carbocycles. The molecule has 42 heavy (non-hydrogen) atoms. The molecule has 1 spiro atoms. The average Bonchev–Trinajstić information content (AvgIpc) is 3.56. The predicted molar refractivity (Wildman–Crippen MR) is 160 cm³/mol. The Morgan fingerprint density at radius 2 is 1.71 bits per heavy atom. The summed E-state index contributed by atoms with van der Waals surface area (Å²) >= 11 is -1.38. The van der Waals surface area contributed by atoms with Gasteiger partial charge < -0.3 is 29.3 Å². The second kappa shape index (κ2) is 11.0. The quantitative estimate of drug-likeness (QED) is 0.511. The lowest BCUT2D eigenvalue weighted by Gasteiger charge is -2.36. The van der Waals surface area contributed by atoms with Gasteiger partial charge >= 0.3 is 0 Å². The molecule has 0 aromatic heterocycles. The second-order valence-corrected chi connectivity index (χ2v) is 13.2. The van der Waals surface area contributed by atoms with Crippen molar-refractivity contribution in [3.8, 4) is 11.5 Å². The Morgan fingerprint density at radius 1 is 1.05 bits per heavy atom. The molecule has 2 N–H and O–H groups in total. The van der Waals surface area contributed by atoms with E-state index in [4.69, 9.17) is 14.5 Å². The van der Waals surface area contributed by atoms with Crippen LogP contribution >= 0.6 is 0 Å². The van der Waals surface area contributed by atoms with Crippen LogP contribution in [0.25, 0.3) is 6.08 Å². The predicted octanol–water partition coefficient (Wildman–Crippen LogP) is 3.06. The van der Waals surface area contributed by atoms with Crippen LogP contribution < -0.4 is 14.8 Å². The van der Waals surface area contributed by atoms with E-state index in [-0.39, 0.29) is 18.6 Å². The molecule has 1 unspecified atom stereocenters. The van der Waals surface area contributed by atoms with Gasteiger partial charge in [0.05, 0.1) is 17.0 Å². The average molecular weight is 593 g/mol. The molecular weight excluding hydrogens is 556 g/mol. The van der Waals surface area contributed by atoms with Gasteiger partial charge in [0, 0.05) is 37.3 Å². The van der Waals surface area contributed by atoms with E-state index in [0.717, 1.165) is 22.3 Å². The van der Waals surface area contributed by atoms with E-state index in [1.807, 2.05) is 61.5 Å². The summed E-state index contributed by atoms with van der Waals surface area (Å²) in [6.45, 7) is 7.90. The first kappa shape index (κ1) is 28.7. The number of aliphatic hydroxyl groups is 1. The molecule has 2 aromatic carbocycles. The molecular formula is C31H36N4O6S. The number of fused-ring (bicyclic) bond motifs is 1. The van der Waals surface area contributed by atoms with E-state index in [2.05, 4.69) is 5.32 Å². The Labute approximate surface area is 248 Å². The molecule has 10 nitrogen and oxygen atoms in total. The van der Waals surface area contributed by atoms with Gasteiger partial charge in [0.25, 0.3) is 11.8 Å². The third kappa shape index (κ3) is 5.54. The normalized spacial score (nSPS) is 22.0. The maximum Gasteiger partial charge on any atom is 0.253 e. The Balaban J connectivity index is 1.08. The van der Waals surface area contributed by atoms with Crippen LogP contribution in [0, 0.1) is 13.8 Å². The summed E-state index contributed by atoms with van der Waals surface area (Å²) in [5.41, 5.74) is 2.61. The van der Waals surface area contributed by atoms with Crippen LogP contribution in [-0.2, 0) is 16.2 Å². The number of ether oxygens (including phenoxy) is 2. The molecule has 0 bridgehead atoms. The minimum atomic E-state index is -1.38. The van der Waals surface area contributed by atoms with Crippen LogP contribution in [-0.4, -0.2) is 80.6 Å². The molecule has 4 aliphatic rings. The highest BCUT2D eigenvalue weighted by Gasteiger charge is 2.47. The van der Waals surface area contributed by atoms with Crippen LogP contribution in [0.5, 0.6) is 11.5 Å². The SMILES string of the molecule is Cc1cc(C(=O)N2CCC(C)(O)CC2)cc(C)c1/C=C/[S+]([O-])N1CCC2(CC1)N=C(c1ccc3c(c1)OCO3)NC2=O. The van der Waals surface area contributed by atoms with Crippen LogP contribution in [0.2, 0.25) is 0 Å². The highest BCUT2D eigenvalue weighted by molar-refractivity contribution is 7.92. The maximum absolute atomic E-state index is 13.2. The second-order valence-electron chi connectivity index (χ2n) is 11.8. The highest BCUT2D eigenvalue weighted by atomic mass is 32.2. The number of nitrogens with one attached hydrogen (secondary N) is 1. The van der Waals surface area contributed by atoms with Crippen LogP contribution in [0.15, 0.2) is 40.7 Å². The standard InChI is InChI=1S/C31H36N4O6S/c1-20-16-23(28(36)34-11-7-30(3,38)8-12-34)17-21(2)24(20)6-15-42(39)35-13-9-31(10-14-35)29(37)32-27(33-31)22-4-5-25-26(18-22)41-19-40-25/h4-6,15-18,38H,7-14,19H2,1-3H3,(H,32,33,37)/b15-6+. The van der Waals surface area contributed by atoms with Gasteiger partial charge in [-0.15, -0.1) is 4.31 Å². The Bertz CT molecular complexity index is 1450. The number of nitrogens with zero attached hydrogens (tertiary/aromatic N) is 3. The van der Waals surface area contributed by atoms with Gasteiger partial charge in [-0.25, -0.2) is 0 Å². The van der Waals surface area contributed by atoms with Crippen molar-refractivity contribution in [3.63, 3.8) is 0 Å². The molecule has 4 heterocycles. The fourth-order valence-corrected chi connectivity index (χ4v) is 6.99. The van der Waals surface area contributed by atoms with Crippen molar-refractivity contribution in [1.82, 2.24) is 14.5 Å². The molecule has 4 aliphatic heterocycles. The van der Waals surface area contributed by atoms with Gasteiger partial charge in [-0.2, -0.15) is 0 Å². The molecule has 2 amide bonds. The first-order valence-corrected chi connectivity index (χ1v) is 15.5. The van der Waals surface area contributed by atoms with Crippen LogP contribution in [0.3, 0.4) is 0 Å². The number of rotatable bonds is 5. The summed E-state index contributed by atoms with van der Waals surface area (Å²) in [5.74, 6) is 1.66. The molecule has 2 aromatic rings. The molecule has 1 atom stereocenters. The van der Waals surface area contributed by atoms with Gasteiger partial charge in [-0.05, 0) is 99.6 Å². The lowest BCUT2D eigenvalue weighted by atomic mass is 9.89. The van der Waals surface area contributed by atoms with E-state index in [0.29, 0.717) is 74.8 Å². The fourth-order valence-electron chi connectivity index (χ4n) is 6.02. The van der Waals surface area contributed by atoms with E-state index < -0.39 is 22.5 Å². The minimum absolute atomic E-state index is 0.0293. The van der Waals surface area contributed by atoms with Crippen molar-refractivity contribution in [3.05, 3.63) is 63.6 Å². The Hall–Kier alpha value is -3.38. The number of aryl methyl sites for hydroxylation is 2. The topological polar surface area (TPSA) is 127 Å². The number of hydrogen-bond acceptors (Lipinski definition) is 8. The molecule has 0 radical (unpaired) electrons. The number of likely N-dealkylation sites (tertiary alicyclic amines) is 1. The summed E-state index contributed by atoms with van der Waals surface area (Å²) in [7, 11) is 0. The summed E-state index contributed by atoms with van der Waals surface area (Å²) in [6, 6.07) is 9.24. The molecule has 6 rings (SSSR count). The number of piperidine rings is 2. The summed E-state index contributed by atoms with van der Waals surface area (Å²) < 4.78 is 25.9. The molecule has 0 saturated carbocycles. The number of carbonyl (C=O) groups is 2. The molecule has 11 heteroatoms. The van der Waals surface area contributed by atoms with Crippen molar-refractivity contribution >= 4 is 35.1 Å². The molecule has 222 valence electrons. The van der Waals surface area contributed by atoms with Gasteiger partial charge in [-0.3, -0.25) is 14.6 Å². The minimum Gasteiger partial charge on any atom is -0.593 e. The number of amides is 2. The lowest BCUT2D eigenvalue weighted by molar-refractivity contribution is -0.124. The van der Waals surface area contributed by atoms with E-state index >= 15 is 0 Å². The monoisotopic (exact) mass is 592 g/mol. The lowest BCUT2D eigenvalue weighted by Crippen LogP contribution is -2.50. The van der Waals surface area contributed by atoms with Crippen LogP contribution in [0.1, 0.15) is 65.2 Å². The first-order valence-electron chi connectivity index (χ1n) is 14.3. The number of benzene rings is 2. The summed E-state index contributed by atoms with van der Waals surface area (Å²) in [4.78, 5) is 32.7. The summed E-state index contributed by atoms with van der Waals surface area (Å²) in [5, 5.41) is 14.8. The third-order valence-electron chi connectivity index (χ3n) is 8.75. The number of hydrogen-bond donors (Lipinski definition) is 2. The van der Waals surface area contributed by atoms with Gasteiger partial charge in [-0.1, -0.05) is 0 Å². The maximum atomic E-state index is 13.2. The Morgan fingerprint density at radius 3 is 2.40 bits per heavy atom. The molecule has 2 fully saturated rings. The van der Waals surface area contributed by atoms with Crippen molar-refractivity contribution < 1.29 is 28.7 Å². The van der Waals surface area contributed by atoms with Crippen molar-refractivity contribution in [2.45, 2.75) is 57.6 Å². The largest absolute Gasteiger partial charge is 0.593 e. The van der Waals surface area contributed by atoms with E-state index in [1.54, 1.807) is 10.3 Å². The molecule has 2 saturated heterocycles. The smallest absolute Gasteiger partial charge is 0.253 e. The first-order chi connectivity index (χ1) is 20.0. The van der Waals surface area contributed by atoms with E-state index in [1.165, 1.54) is 0 Å². The van der Waals surface area contributed by atoms with Gasteiger partial charge in [0.1, 0.15) is 16.8 Å². The zero-order valence-corrected chi connectivity index (χ0v) is 25.0. The van der Waals surface area contributed by atoms with Gasteiger partial charge in [0.2, 0.25) is 6.79 Å². The van der Waals surface area contributed by atoms with Crippen LogP contribution in [0.4, 0.5) is 0 Å². The van der Waals surface area contributed by atoms with Crippen molar-refractivity contribution in [1.29, 1.82) is 0 Å². The number of amidine groups is 1. The highest BCUT2D eigenvalue weighted by Crippen LogP contribution is 2.36. The zero-order valence-electron chi connectivity index (χ0n) is 24.1. The number of carbonyl (C=O) groups excluding carboxylic acids is 2.